The molecule has 0 aliphatic carbocycles. The standard InChI is InChI=1S/C17H27N3O3/c1-4-14(12-21)19-17(22)8-6-13-5-7-16(15(18)11-13)23-10-9-20(2)3/h5-8,11,14,21H,4,9-10,12,18H2,1-3H3,(H,19,22)/b8-6-. The van der Waals surface area contributed by atoms with E-state index in [1.54, 1.807) is 18.2 Å². The molecule has 0 saturated heterocycles. The van der Waals surface area contributed by atoms with Gasteiger partial charge in [0.05, 0.1) is 18.3 Å². The summed E-state index contributed by atoms with van der Waals surface area (Å²) in [4.78, 5) is 13.8. The highest BCUT2D eigenvalue weighted by Crippen LogP contribution is 2.23. The van der Waals surface area contributed by atoms with E-state index < -0.39 is 0 Å². The van der Waals surface area contributed by atoms with Crippen molar-refractivity contribution < 1.29 is 14.6 Å². The molecule has 1 unspecified atom stereocenters. The molecule has 0 bridgehead atoms. The number of benzene rings is 1. The second-order valence-electron chi connectivity index (χ2n) is 5.58. The molecule has 0 aromatic heterocycles. The van der Waals surface area contributed by atoms with Gasteiger partial charge < -0.3 is 25.8 Å². The molecule has 128 valence electrons. The van der Waals surface area contributed by atoms with Gasteiger partial charge in [-0.2, -0.15) is 0 Å². The Morgan fingerprint density at radius 3 is 2.78 bits per heavy atom. The Balaban J connectivity index is 2.59. The third-order valence-corrected chi connectivity index (χ3v) is 3.32. The highest BCUT2D eigenvalue weighted by atomic mass is 16.5. The number of hydrogen-bond acceptors (Lipinski definition) is 5. The van der Waals surface area contributed by atoms with Crippen LogP contribution in [0.15, 0.2) is 24.3 Å². The third-order valence-electron chi connectivity index (χ3n) is 3.32. The van der Waals surface area contributed by atoms with Gasteiger partial charge in [-0.1, -0.05) is 13.0 Å². The Morgan fingerprint density at radius 2 is 2.22 bits per heavy atom. The lowest BCUT2D eigenvalue weighted by molar-refractivity contribution is -0.117. The van der Waals surface area contributed by atoms with Crippen molar-refractivity contribution in [3.05, 3.63) is 29.8 Å². The monoisotopic (exact) mass is 321 g/mol. The number of rotatable bonds is 9. The number of likely N-dealkylation sites (N-methyl/N-ethyl adjacent to an activating group) is 1. The number of ether oxygens (including phenoxy) is 1. The predicted molar refractivity (Wildman–Crippen MR) is 93.2 cm³/mol. The van der Waals surface area contributed by atoms with Gasteiger partial charge in [0.15, 0.2) is 0 Å². The van der Waals surface area contributed by atoms with E-state index >= 15 is 0 Å². The average Bonchev–Trinajstić information content (AvgIpc) is 2.52. The lowest BCUT2D eigenvalue weighted by Gasteiger charge is -2.13. The Hall–Kier alpha value is -2.05. The Bertz CT molecular complexity index is 526. The molecule has 0 saturated carbocycles. The molecule has 0 heterocycles. The molecule has 0 spiro atoms. The lowest BCUT2D eigenvalue weighted by Crippen LogP contribution is -2.35. The van der Waals surface area contributed by atoms with Crippen molar-refractivity contribution in [1.82, 2.24) is 10.2 Å². The van der Waals surface area contributed by atoms with E-state index in [4.69, 9.17) is 15.6 Å². The second-order valence-corrected chi connectivity index (χ2v) is 5.58. The van der Waals surface area contributed by atoms with Crippen LogP contribution in [-0.2, 0) is 4.79 Å². The minimum atomic E-state index is -0.240. The highest BCUT2D eigenvalue weighted by molar-refractivity contribution is 5.92. The minimum absolute atomic E-state index is 0.0674. The van der Waals surface area contributed by atoms with E-state index in [0.717, 1.165) is 12.1 Å². The SMILES string of the molecule is CCC(CO)NC(=O)/C=C\c1ccc(OCCN(C)C)c(N)c1. The predicted octanol–water partition coefficient (Wildman–Crippen LogP) is 1.11. The zero-order valence-corrected chi connectivity index (χ0v) is 14.1. The fourth-order valence-electron chi connectivity index (χ4n) is 1.84. The maximum atomic E-state index is 11.7. The second kappa shape index (κ2) is 9.86. The first kappa shape index (κ1) is 19.0. The smallest absolute Gasteiger partial charge is 0.244 e. The minimum Gasteiger partial charge on any atom is -0.490 e. The van der Waals surface area contributed by atoms with Crippen LogP contribution in [0, 0.1) is 0 Å². The van der Waals surface area contributed by atoms with Gasteiger partial charge in [0.25, 0.3) is 0 Å². The summed E-state index contributed by atoms with van der Waals surface area (Å²) in [6.45, 7) is 3.21. The van der Waals surface area contributed by atoms with E-state index in [1.165, 1.54) is 6.08 Å². The number of nitrogens with one attached hydrogen (secondary N) is 1. The number of hydrogen-bond donors (Lipinski definition) is 3. The van der Waals surface area contributed by atoms with Crippen LogP contribution in [0.25, 0.3) is 6.08 Å². The van der Waals surface area contributed by atoms with E-state index in [0.29, 0.717) is 24.5 Å². The molecule has 6 heteroatoms. The van der Waals surface area contributed by atoms with Gasteiger partial charge in [-0.25, -0.2) is 0 Å². The van der Waals surface area contributed by atoms with Crippen molar-refractivity contribution in [3.63, 3.8) is 0 Å². The summed E-state index contributed by atoms with van der Waals surface area (Å²) in [6, 6.07) is 5.18. The zero-order chi connectivity index (χ0) is 17.2. The summed E-state index contributed by atoms with van der Waals surface area (Å²) in [6.07, 6.45) is 3.79. The quantitative estimate of drug-likeness (QED) is 0.468. The van der Waals surface area contributed by atoms with Gasteiger partial charge in [0, 0.05) is 12.6 Å². The molecule has 6 nitrogen and oxygen atoms in total. The van der Waals surface area contributed by atoms with E-state index in [-0.39, 0.29) is 18.6 Å². The number of anilines is 1. The number of nitrogens with zero attached hydrogens (tertiary/aromatic N) is 1. The molecule has 1 aromatic rings. The Morgan fingerprint density at radius 1 is 1.48 bits per heavy atom. The molecular weight excluding hydrogens is 294 g/mol. The van der Waals surface area contributed by atoms with Crippen molar-refractivity contribution in [2.45, 2.75) is 19.4 Å². The summed E-state index contributed by atoms with van der Waals surface area (Å²) in [5, 5.41) is 11.8. The van der Waals surface area contributed by atoms with Crippen molar-refractivity contribution >= 4 is 17.7 Å². The first-order valence-electron chi connectivity index (χ1n) is 7.72. The number of carbonyl (C=O) groups excluding carboxylic acids is 1. The van der Waals surface area contributed by atoms with Crippen molar-refractivity contribution in [1.29, 1.82) is 0 Å². The van der Waals surface area contributed by atoms with Gasteiger partial charge in [-0.15, -0.1) is 0 Å². The van der Waals surface area contributed by atoms with Crippen LogP contribution in [0.5, 0.6) is 5.75 Å². The number of aliphatic hydroxyl groups excluding tert-OH is 1. The van der Waals surface area contributed by atoms with Crippen LogP contribution in [0.4, 0.5) is 5.69 Å². The molecule has 0 aliphatic rings. The van der Waals surface area contributed by atoms with Gasteiger partial charge in [-0.05, 0) is 44.3 Å². The molecule has 0 radical (unpaired) electrons. The Labute approximate surface area is 137 Å². The number of amides is 1. The lowest BCUT2D eigenvalue weighted by atomic mass is 10.1. The molecule has 1 amide bonds. The van der Waals surface area contributed by atoms with Crippen LogP contribution < -0.4 is 15.8 Å². The molecule has 0 fully saturated rings. The molecular formula is C17H27N3O3. The summed E-state index contributed by atoms with van der Waals surface area (Å²) in [5.74, 6) is 0.399. The van der Waals surface area contributed by atoms with E-state index in [9.17, 15) is 4.79 Å². The first-order chi connectivity index (χ1) is 11.0. The summed E-state index contributed by atoms with van der Waals surface area (Å²) >= 11 is 0. The molecule has 0 aliphatic heterocycles. The van der Waals surface area contributed by atoms with E-state index in [1.807, 2.05) is 32.0 Å². The largest absolute Gasteiger partial charge is 0.490 e. The summed E-state index contributed by atoms with van der Waals surface area (Å²) < 4.78 is 5.61. The van der Waals surface area contributed by atoms with E-state index in [2.05, 4.69) is 5.32 Å². The highest BCUT2D eigenvalue weighted by Gasteiger charge is 2.06. The number of nitrogens with two attached hydrogens (primary N) is 1. The zero-order valence-electron chi connectivity index (χ0n) is 14.1. The fourth-order valence-corrected chi connectivity index (χ4v) is 1.84. The maximum absolute atomic E-state index is 11.7. The number of carbonyl (C=O) groups is 1. The number of aliphatic hydroxyl groups is 1. The van der Waals surface area contributed by atoms with Crippen LogP contribution in [0.1, 0.15) is 18.9 Å². The third kappa shape index (κ3) is 7.17. The summed E-state index contributed by atoms with van der Waals surface area (Å²) in [7, 11) is 3.96. The average molecular weight is 321 g/mol. The maximum Gasteiger partial charge on any atom is 0.244 e. The summed E-state index contributed by atoms with van der Waals surface area (Å²) in [5.41, 5.74) is 7.31. The van der Waals surface area contributed by atoms with Crippen LogP contribution in [-0.4, -0.2) is 55.8 Å². The first-order valence-corrected chi connectivity index (χ1v) is 7.72. The van der Waals surface area contributed by atoms with Crippen molar-refractivity contribution in [3.8, 4) is 5.75 Å². The Kier molecular flexibility index (Phi) is 8.15. The van der Waals surface area contributed by atoms with Gasteiger partial charge >= 0.3 is 0 Å². The molecule has 1 rings (SSSR count). The molecule has 1 aromatic carbocycles. The molecule has 1 atom stereocenters. The van der Waals surface area contributed by atoms with Crippen molar-refractivity contribution in [2.75, 3.05) is 39.6 Å². The van der Waals surface area contributed by atoms with Gasteiger partial charge in [0.2, 0.25) is 5.91 Å². The molecule has 4 N–H and O–H groups in total. The van der Waals surface area contributed by atoms with Gasteiger partial charge in [0.1, 0.15) is 12.4 Å². The topological polar surface area (TPSA) is 87.8 Å². The number of nitrogen functional groups attached to an aromatic ring is 1. The van der Waals surface area contributed by atoms with Crippen LogP contribution in [0.2, 0.25) is 0 Å². The van der Waals surface area contributed by atoms with Crippen LogP contribution >= 0.6 is 0 Å². The van der Waals surface area contributed by atoms with Gasteiger partial charge in [-0.3, -0.25) is 4.79 Å². The molecule has 23 heavy (non-hydrogen) atoms. The van der Waals surface area contributed by atoms with Crippen LogP contribution in [0.3, 0.4) is 0 Å². The normalized spacial score (nSPS) is 12.6. The fraction of sp³-hybridized carbons (Fsp3) is 0.471. The van der Waals surface area contributed by atoms with Crippen molar-refractivity contribution in [2.24, 2.45) is 0 Å².